The van der Waals surface area contributed by atoms with Crippen LogP contribution in [0.25, 0.3) is 0 Å². The van der Waals surface area contributed by atoms with Gasteiger partial charge in [-0.15, -0.1) is 0 Å². The van der Waals surface area contributed by atoms with Crippen LogP contribution in [-0.2, 0) is 28.6 Å². The Hall–Kier alpha value is -1.85. The normalized spacial score (nSPS) is 43.2. The lowest BCUT2D eigenvalue weighted by molar-refractivity contribution is -0.165. The summed E-state index contributed by atoms with van der Waals surface area (Å²) < 4.78 is 17.4. The molecule has 1 heterocycles. The molecule has 0 aromatic heterocycles. The van der Waals surface area contributed by atoms with E-state index in [1.807, 2.05) is 0 Å². The van der Waals surface area contributed by atoms with E-state index in [-0.39, 0.29) is 46.8 Å². The van der Waals surface area contributed by atoms with Crippen molar-refractivity contribution in [1.82, 2.24) is 0 Å². The van der Waals surface area contributed by atoms with Gasteiger partial charge in [-0.25, -0.2) is 0 Å². The summed E-state index contributed by atoms with van der Waals surface area (Å²) in [5.41, 5.74) is 1.10. The predicted octanol–water partition coefficient (Wildman–Crippen LogP) is 6.02. The van der Waals surface area contributed by atoms with E-state index in [0.717, 1.165) is 44.3 Å². The maximum Gasteiger partial charge on any atom is 0.302 e. The number of esters is 2. The smallest absolute Gasteiger partial charge is 0.302 e. The van der Waals surface area contributed by atoms with Crippen molar-refractivity contribution in [2.75, 3.05) is 6.61 Å². The maximum atomic E-state index is 14.1. The lowest BCUT2D eigenvalue weighted by atomic mass is 9.44. The Balaban J connectivity index is 1.30. The third-order valence-electron chi connectivity index (χ3n) is 11.5. The Kier molecular flexibility index (Phi) is 7.02. The number of carbonyl (C=O) groups is 3. The highest BCUT2D eigenvalue weighted by atomic mass is 16.5. The van der Waals surface area contributed by atoms with Crippen molar-refractivity contribution in [3.05, 3.63) is 11.3 Å². The number of Topliss-reactive ketones (excluding diaryl/α,β-unsaturated/α-hetero) is 1. The zero-order valence-corrected chi connectivity index (χ0v) is 23.6. The second-order valence-corrected chi connectivity index (χ2v) is 13.5. The molecule has 0 aromatic rings. The molecule has 0 bridgehead atoms. The molecule has 6 heteroatoms. The van der Waals surface area contributed by atoms with Crippen molar-refractivity contribution in [2.24, 2.45) is 46.3 Å². The molecule has 4 fully saturated rings. The second kappa shape index (κ2) is 9.72. The van der Waals surface area contributed by atoms with Crippen molar-refractivity contribution >= 4 is 17.7 Å². The molecule has 4 saturated carbocycles. The van der Waals surface area contributed by atoms with Crippen LogP contribution >= 0.6 is 0 Å². The first-order valence-electron chi connectivity index (χ1n) is 14.6. The van der Waals surface area contributed by atoms with Crippen molar-refractivity contribution in [3.63, 3.8) is 0 Å². The molecule has 5 aliphatic rings. The van der Waals surface area contributed by atoms with Gasteiger partial charge < -0.3 is 14.2 Å². The molecule has 1 aliphatic heterocycles. The second-order valence-electron chi connectivity index (χ2n) is 13.5. The van der Waals surface area contributed by atoms with Crippen LogP contribution in [0.4, 0.5) is 0 Å². The zero-order valence-electron chi connectivity index (χ0n) is 23.6. The molecule has 0 radical (unpaired) electrons. The van der Waals surface area contributed by atoms with Crippen LogP contribution in [0.3, 0.4) is 0 Å². The third kappa shape index (κ3) is 4.44. The van der Waals surface area contributed by atoms with Crippen molar-refractivity contribution < 1.29 is 28.6 Å². The van der Waals surface area contributed by atoms with Gasteiger partial charge in [0.15, 0.2) is 0 Å². The van der Waals surface area contributed by atoms with E-state index in [1.165, 1.54) is 32.3 Å². The molecule has 4 aliphatic carbocycles. The van der Waals surface area contributed by atoms with Crippen LogP contribution in [0.15, 0.2) is 11.3 Å². The number of hydrogen-bond donors (Lipinski definition) is 0. The monoisotopic (exact) mass is 514 g/mol. The highest BCUT2D eigenvalue weighted by Gasteiger charge is 2.67. The molecule has 5 rings (SSSR count). The lowest BCUT2D eigenvalue weighted by Gasteiger charge is -2.60. The van der Waals surface area contributed by atoms with Gasteiger partial charge in [-0.3, -0.25) is 14.4 Å². The maximum absolute atomic E-state index is 14.1. The van der Waals surface area contributed by atoms with E-state index in [4.69, 9.17) is 14.2 Å². The fourth-order valence-corrected chi connectivity index (χ4v) is 9.55. The highest BCUT2D eigenvalue weighted by molar-refractivity contribution is 5.87. The molecule has 206 valence electrons. The summed E-state index contributed by atoms with van der Waals surface area (Å²) in [5, 5.41) is 0. The Labute approximate surface area is 222 Å². The third-order valence-corrected chi connectivity index (χ3v) is 11.5. The van der Waals surface area contributed by atoms with Gasteiger partial charge in [0.1, 0.15) is 18.0 Å². The first-order valence-corrected chi connectivity index (χ1v) is 14.6. The van der Waals surface area contributed by atoms with Gasteiger partial charge in [-0.2, -0.15) is 0 Å². The Morgan fingerprint density at radius 3 is 2.54 bits per heavy atom. The van der Waals surface area contributed by atoms with Gasteiger partial charge in [0.05, 0.1) is 12.4 Å². The average molecular weight is 515 g/mol. The minimum atomic E-state index is -0.334. The van der Waals surface area contributed by atoms with Gasteiger partial charge in [-0.1, -0.05) is 20.8 Å². The molecular weight excluding hydrogens is 468 g/mol. The summed E-state index contributed by atoms with van der Waals surface area (Å²) in [6.07, 6.45) is 8.83. The molecule has 0 spiro atoms. The van der Waals surface area contributed by atoms with Crippen LogP contribution in [0, 0.1) is 46.3 Å². The topological polar surface area (TPSA) is 78.9 Å². The van der Waals surface area contributed by atoms with Crippen molar-refractivity contribution in [1.29, 1.82) is 0 Å². The minimum Gasteiger partial charge on any atom is -0.494 e. The highest BCUT2D eigenvalue weighted by Crippen LogP contribution is 2.68. The molecule has 37 heavy (non-hydrogen) atoms. The summed E-state index contributed by atoms with van der Waals surface area (Å²) in [7, 11) is 0. The molecule has 0 N–H and O–H groups in total. The number of carbonyl (C=O) groups excluding carboxylic acids is 3. The zero-order chi connectivity index (χ0) is 26.7. The Morgan fingerprint density at radius 2 is 1.84 bits per heavy atom. The quantitative estimate of drug-likeness (QED) is 0.404. The number of rotatable bonds is 6. The predicted molar refractivity (Wildman–Crippen MR) is 139 cm³/mol. The number of ketones is 1. The van der Waals surface area contributed by atoms with E-state index in [2.05, 4.69) is 27.7 Å². The largest absolute Gasteiger partial charge is 0.494 e. The Bertz CT molecular complexity index is 984. The summed E-state index contributed by atoms with van der Waals surface area (Å²) in [6, 6.07) is 0. The standard InChI is InChI=1S/C31H46O6/c1-17(16-35-19(3)32)7-10-26-18(2)29-27(37-26)14-25-23-9-8-21-13-22(36-20(4)33)11-12-30(21,5)24(23)15-28(34)31(25,29)6/h17,21-25,27,29H,7-16H2,1-6H3/t17-,21+,22+,23-,24-,25+,27+,29-,30+,31-/m1/s1. The van der Waals surface area contributed by atoms with Crippen LogP contribution in [-0.4, -0.2) is 36.5 Å². The Morgan fingerprint density at radius 1 is 1.08 bits per heavy atom. The van der Waals surface area contributed by atoms with E-state index < -0.39 is 0 Å². The van der Waals surface area contributed by atoms with Crippen molar-refractivity contribution in [3.8, 4) is 0 Å². The molecular formula is C31H46O6. The molecule has 6 nitrogen and oxygen atoms in total. The summed E-state index contributed by atoms with van der Waals surface area (Å²) in [6.45, 7) is 12.4. The van der Waals surface area contributed by atoms with Gasteiger partial charge in [0, 0.05) is 38.0 Å². The van der Waals surface area contributed by atoms with E-state index >= 15 is 0 Å². The van der Waals surface area contributed by atoms with Gasteiger partial charge >= 0.3 is 11.9 Å². The van der Waals surface area contributed by atoms with E-state index in [9.17, 15) is 14.4 Å². The minimum absolute atomic E-state index is 0.0406. The van der Waals surface area contributed by atoms with Crippen LogP contribution in [0.2, 0.25) is 0 Å². The van der Waals surface area contributed by atoms with Gasteiger partial charge in [0.25, 0.3) is 0 Å². The number of allylic oxidation sites excluding steroid dienone is 1. The average Bonchev–Trinajstić information content (AvgIpc) is 3.31. The molecule has 10 atom stereocenters. The molecule has 0 amide bonds. The lowest BCUT2D eigenvalue weighted by Crippen LogP contribution is -2.57. The van der Waals surface area contributed by atoms with E-state index in [1.54, 1.807) is 0 Å². The number of hydrogen-bond acceptors (Lipinski definition) is 6. The number of ether oxygens (including phenoxy) is 3. The summed E-state index contributed by atoms with van der Waals surface area (Å²) in [4.78, 5) is 36.8. The molecule has 0 saturated heterocycles. The van der Waals surface area contributed by atoms with Gasteiger partial charge in [-0.05, 0) is 92.4 Å². The van der Waals surface area contributed by atoms with Crippen LogP contribution in [0.5, 0.6) is 0 Å². The van der Waals surface area contributed by atoms with Crippen LogP contribution in [0.1, 0.15) is 99.3 Å². The SMILES string of the molecule is CC(=O)OC[C@H](C)CCC1=C(C)[C@@H]2[C@H](C[C@H]3[C@@H]4CC[C@H]5C[C@@H](OC(C)=O)CC[C@]5(C)[C@@H]4CC(=O)[C@]23C)O1. The number of fused-ring (bicyclic) bond motifs is 7. The fraction of sp³-hybridized carbons (Fsp3) is 0.839. The van der Waals surface area contributed by atoms with Crippen molar-refractivity contribution in [2.45, 2.75) is 112 Å². The summed E-state index contributed by atoms with van der Waals surface area (Å²) in [5.74, 6) is 3.49. The first-order chi connectivity index (χ1) is 17.4. The van der Waals surface area contributed by atoms with E-state index in [0.29, 0.717) is 42.5 Å². The van der Waals surface area contributed by atoms with Gasteiger partial charge in [0.2, 0.25) is 0 Å². The fourth-order valence-electron chi connectivity index (χ4n) is 9.55. The van der Waals surface area contributed by atoms with Crippen LogP contribution < -0.4 is 0 Å². The molecule has 0 unspecified atom stereocenters. The summed E-state index contributed by atoms with van der Waals surface area (Å²) >= 11 is 0. The molecule has 0 aromatic carbocycles. The first kappa shape index (κ1) is 26.7.